The zero-order valence-corrected chi connectivity index (χ0v) is 10.6. The van der Waals surface area contributed by atoms with Crippen LogP contribution in [0.15, 0.2) is 42.5 Å². The number of benzene rings is 2. The molecule has 1 atom stereocenters. The minimum absolute atomic E-state index is 0.359. The van der Waals surface area contributed by atoms with E-state index >= 15 is 0 Å². The van der Waals surface area contributed by atoms with Crippen molar-refractivity contribution in [1.29, 1.82) is 0 Å². The van der Waals surface area contributed by atoms with E-state index < -0.39 is 6.04 Å². The van der Waals surface area contributed by atoms with Gasteiger partial charge in [-0.25, -0.2) is 4.39 Å². The topological polar surface area (TPSA) is 35.2 Å². The highest BCUT2D eigenvalue weighted by atomic mass is 35.5. The summed E-state index contributed by atoms with van der Waals surface area (Å²) in [5.74, 6) is 0.590. The molecule has 1 unspecified atom stereocenters. The monoisotopic (exact) mass is 265 g/mol. The molecule has 0 aliphatic rings. The summed E-state index contributed by atoms with van der Waals surface area (Å²) in [4.78, 5) is 0. The molecule has 0 saturated carbocycles. The molecule has 0 aliphatic heterocycles. The normalized spacial score (nSPS) is 12.2. The summed E-state index contributed by atoms with van der Waals surface area (Å²) in [5.41, 5.74) is 6.11. The Hall–Kier alpha value is -1.58. The molecule has 0 spiro atoms. The van der Waals surface area contributed by atoms with Crippen molar-refractivity contribution in [2.75, 3.05) is 0 Å². The Balaban J connectivity index is 2.37. The van der Waals surface area contributed by atoms with E-state index in [1.807, 2.05) is 0 Å². The van der Waals surface area contributed by atoms with E-state index in [4.69, 9.17) is 22.1 Å². The van der Waals surface area contributed by atoms with E-state index in [0.717, 1.165) is 0 Å². The smallest absolute Gasteiger partial charge is 0.135 e. The Morgan fingerprint density at radius 3 is 2.61 bits per heavy atom. The third kappa shape index (κ3) is 2.81. The molecule has 2 N–H and O–H groups in total. The van der Waals surface area contributed by atoms with E-state index in [2.05, 4.69) is 0 Å². The van der Waals surface area contributed by atoms with Gasteiger partial charge in [0.2, 0.25) is 0 Å². The zero-order valence-electron chi connectivity index (χ0n) is 9.86. The molecule has 2 aromatic rings. The van der Waals surface area contributed by atoms with Crippen molar-refractivity contribution < 1.29 is 9.13 Å². The Morgan fingerprint density at radius 1 is 1.22 bits per heavy atom. The average Bonchev–Trinajstić information content (AvgIpc) is 2.28. The lowest BCUT2D eigenvalue weighted by Crippen LogP contribution is -2.09. The second kappa shape index (κ2) is 5.38. The molecule has 94 valence electrons. The molecule has 0 heterocycles. The molecule has 0 aromatic heterocycles. The van der Waals surface area contributed by atoms with Crippen molar-refractivity contribution in [2.24, 2.45) is 5.73 Å². The molecule has 0 bridgehead atoms. The Morgan fingerprint density at radius 2 is 1.94 bits per heavy atom. The largest absolute Gasteiger partial charge is 0.457 e. The summed E-state index contributed by atoms with van der Waals surface area (Å²) in [6.45, 7) is 1.71. The molecule has 0 radical (unpaired) electrons. The lowest BCUT2D eigenvalue weighted by molar-refractivity contribution is 0.461. The molecule has 18 heavy (non-hydrogen) atoms. The average molecular weight is 266 g/mol. The van der Waals surface area contributed by atoms with Crippen LogP contribution in [-0.4, -0.2) is 0 Å². The number of hydrogen-bond donors (Lipinski definition) is 1. The fourth-order valence-corrected chi connectivity index (χ4v) is 1.89. The maximum absolute atomic E-state index is 13.7. The van der Waals surface area contributed by atoms with Gasteiger partial charge in [-0.15, -0.1) is 0 Å². The first-order valence-electron chi connectivity index (χ1n) is 5.55. The van der Waals surface area contributed by atoms with Crippen molar-refractivity contribution >= 4 is 11.6 Å². The van der Waals surface area contributed by atoms with Gasteiger partial charge in [0.15, 0.2) is 0 Å². The second-order valence-corrected chi connectivity index (χ2v) is 4.44. The summed E-state index contributed by atoms with van der Waals surface area (Å²) in [5, 5.41) is 0.561. The predicted octanol–water partition coefficient (Wildman–Crippen LogP) is 4.29. The third-order valence-corrected chi connectivity index (χ3v) is 2.73. The van der Waals surface area contributed by atoms with Crippen LogP contribution < -0.4 is 10.5 Å². The van der Waals surface area contributed by atoms with Gasteiger partial charge in [0.1, 0.15) is 17.3 Å². The summed E-state index contributed by atoms with van der Waals surface area (Å²) in [7, 11) is 0. The SMILES string of the molecule is CC(N)c1c(F)cccc1Oc1cccc(Cl)c1. The van der Waals surface area contributed by atoms with Crippen molar-refractivity contribution in [3.63, 3.8) is 0 Å². The van der Waals surface area contributed by atoms with E-state index in [1.165, 1.54) is 6.07 Å². The van der Waals surface area contributed by atoms with Crippen LogP contribution in [0.4, 0.5) is 4.39 Å². The van der Waals surface area contributed by atoms with Crippen molar-refractivity contribution in [2.45, 2.75) is 13.0 Å². The number of ether oxygens (including phenoxy) is 1. The van der Waals surface area contributed by atoms with Gasteiger partial charge in [0, 0.05) is 16.6 Å². The highest BCUT2D eigenvalue weighted by Gasteiger charge is 2.14. The Kier molecular flexibility index (Phi) is 3.84. The van der Waals surface area contributed by atoms with Crippen LogP contribution >= 0.6 is 11.6 Å². The van der Waals surface area contributed by atoms with Crippen LogP contribution in [0.5, 0.6) is 11.5 Å². The van der Waals surface area contributed by atoms with Crippen LogP contribution in [0, 0.1) is 5.82 Å². The number of nitrogens with two attached hydrogens (primary N) is 1. The quantitative estimate of drug-likeness (QED) is 0.898. The van der Waals surface area contributed by atoms with Crippen molar-refractivity contribution in [3.8, 4) is 11.5 Å². The fourth-order valence-electron chi connectivity index (χ4n) is 1.71. The molecule has 4 heteroatoms. The van der Waals surface area contributed by atoms with Gasteiger partial charge in [-0.2, -0.15) is 0 Å². The van der Waals surface area contributed by atoms with Gasteiger partial charge < -0.3 is 10.5 Å². The highest BCUT2D eigenvalue weighted by molar-refractivity contribution is 6.30. The minimum atomic E-state index is -0.444. The van der Waals surface area contributed by atoms with Crippen LogP contribution in [0.2, 0.25) is 5.02 Å². The van der Waals surface area contributed by atoms with Crippen LogP contribution in [0.25, 0.3) is 0 Å². The Labute approximate surface area is 110 Å². The second-order valence-electron chi connectivity index (χ2n) is 4.00. The first kappa shape index (κ1) is 12.9. The predicted molar refractivity (Wildman–Crippen MR) is 70.5 cm³/mol. The third-order valence-electron chi connectivity index (χ3n) is 2.49. The summed E-state index contributed by atoms with van der Waals surface area (Å²) in [6.07, 6.45) is 0. The molecule has 0 saturated heterocycles. The Bertz CT molecular complexity index is 557. The maximum Gasteiger partial charge on any atom is 0.135 e. The molecule has 0 aliphatic carbocycles. The molecular formula is C14H13ClFNO. The summed E-state index contributed by atoms with van der Waals surface area (Å²) >= 11 is 5.87. The molecule has 2 nitrogen and oxygen atoms in total. The first-order valence-corrected chi connectivity index (χ1v) is 5.93. The zero-order chi connectivity index (χ0) is 13.1. The van der Waals surface area contributed by atoms with Crippen LogP contribution in [0.3, 0.4) is 0 Å². The number of rotatable bonds is 3. The van der Waals surface area contributed by atoms with Crippen molar-refractivity contribution in [3.05, 3.63) is 58.9 Å². The fraction of sp³-hybridized carbons (Fsp3) is 0.143. The molecule has 2 rings (SSSR count). The lowest BCUT2D eigenvalue weighted by Gasteiger charge is -2.14. The van der Waals surface area contributed by atoms with E-state index in [0.29, 0.717) is 22.1 Å². The molecule has 0 fully saturated rings. The van der Waals surface area contributed by atoms with E-state index in [9.17, 15) is 4.39 Å². The summed E-state index contributed by atoms with van der Waals surface area (Å²) < 4.78 is 19.3. The molecular weight excluding hydrogens is 253 g/mol. The number of hydrogen-bond acceptors (Lipinski definition) is 2. The van der Waals surface area contributed by atoms with Gasteiger partial charge in [0.25, 0.3) is 0 Å². The maximum atomic E-state index is 13.7. The summed E-state index contributed by atoms with van der Waals surface area (Å²) in [6, 6.07) is 11.1. The van der Waals surface area contributed by atoms with Gasteiger partial charge in [-0.05, 0) is 37.3 Å². The van der Waals surface area contributed by atoms with Gasteiger partial charge in [-0.3, -0.25) is 0 Å². The van der Waals surface area contributed by atoms with Crippen LogP contribution in [-0.2, 0) is 0 Å². The van der Waals surface area contributed by atoms with Gasteiger partial charge in [0.05, 0.1) is 0 Å². The highest BCUT2D eigenvalue weighted by Crippen LogP contribution is 2.31. The van der Waals surface area contributed by atoms with Gasteiger partial charge in [-0.1, -0.05) is 23.7 Å². The lowest BCUT2D eigenvalue weighted by atomic mass is 10.1. The van der Waals surface area contributed by atoms with E-state index in [-0.39, 0.29) is 5.82 Å². The minimum Gasteiger partial charge on any atom is -0.457 e. The van der Waals surface area contributed by atoms with Gasteiger partial charge >= 0.3 is 0 Å². The number of halogens is 2. The van der Waals surface area contributed by atoms with Crippen LogP contribution in [0.1, 0.15) is 18.5 Å². The molecule has 0 amide bonds. The first-order chi connectivity index (χ1) is 8.58. The van der Waals surface area contributed by atoms with E-state index in [1.54, 1.807) is 43.3 Å². The standard InChI is InChI=1S/C14H13ClFNO/c1-9(17)14-12(16)6-3-7-13(14)18-11-5-2-4-10(15)8-11/h2-9H,17H2,1H3. The molecule has 2 aromatic carbocycles. The van der Waals surface area contributed by atoms with Crippen molar-refractivity contribution in [1.82, 2.24) is 0 Å².